The number of likely N-dealkylation sites (N-methyl/N-ethyl adjacent to an activating group) is 1. The van der Waals surface area contributed by atoms with E-state index in [0.29, 0.717) is 17.2 Å². The van der Waals surface area contributed by atoms with Crippen molar-refractivity contribution in [2.24, 2.45) is 0 Å². The van der Waals surface area contributed by atoms with Crippen LogP contribution in [0.2, 0.25) is 0 Å². The van der Waals surface area contributed by atoms with Gasteiger partial charge in [-0.1, -0.05) is 11.3 Å². The molecule has 0 saturated heterocycles. The van der Waals surface area contributed by atoms with Crippen molar-refractivity contribution in [3.05, 3.63) is 27.6 Å². The maximum atomic E-state index is 11.7. The van der Waals surface area contributed by atoms with Gasteiger partial charge in [-0.2, -0.15) is 9.61 Å². The number of aliphatic hydroxyl groups excluding tert-OH is 1. The van der Waals surface area contributed by atoms with Crippen LogP contribution in [-0.4, -0.2) is 44.3 Å². The molecular weight excluding hydrogens is 240 g/mol. The number of hydrogen-bond acceptors (Lipinski definition) is 6. The van der Waals surface area contributed by atoms with Crippen LogP contribution in [0.1, 0.15) is 12.6 Å². The van der Waals surface area contributed by atoms with E-state index in [4.69, 9.17) is 5.11 Å². The van der Waals surface area contributed by atoms with E-state index in [1.807, 2.05) is 18.9 Å². The lowest BCUT2D eigenvalue weighted by molar-refractivity contribution is 0.153. The lowest BCUT2D eigenvalue weighted by atomic mass is 10.3. The van der Waals surface area contributed by atoms with E-state index in [-0.39, 0.29) is 18.2 Å². The second kappa shape index (κ2) is 4.91. The van der Waals surface area contributed by atoms with Crippen molar-refractivity contribution in [3.63, 3.8) is 0 Å². The molecule has 17 heavy (non-hydrogen) atoms. The molecular formula is C10H14N4O2S. The highest BCUT2D eigenvalue weighted by Crippen LogP contribution is 2.06. The van der Waals surface area contributed by atoms with E-state index in [1.165, 1.54) is 21.9 Å². The quantitative estimate of drug-likeness (QED) is 0.829. The van der Waals surface area contributed by atoms with Crippen molar-refractivity contribution in [3.8, 4) is 0 Å². The number of aromatic nitrogens is 3. The van der Waals surface area contributed by atoms with Crippen molar-refractivity contribution >= 4 is 16.3 Å². The Morgan fingerprint density at radius 2 is 2.41 bits per heavy atom. The van der Waals surface area contributed by atoms with Crippen molar-refractivity contribution in [2.45, 2.75) is 19.5 Å². The standard InChI is InChI=1S/C10H14N4O2S/c1-7(5-15)13(2)4-8-3-9(16)14-10(12-8)17-6-11-14/h3,6-7,15H,4-5H2,1-2H3. The molecule has 1 unspecified atom stereocenters. The molecule has 2 rings (SSSR count). The van der Waals surface area contributed by atoms with Crippen molar-refractivity contribution in [1.82, 2.24) is 19.5 Å². The Morgan fingerprint density at radius 1 is 1.65 bits per heavy atom. The molecule has 1 N–H and O–H groups in total. The summed E-state index contributed by atoms with van der Waals surface area (Å²) >= 11 is 1.33. The van der Waals surface area contributed by atoms with Gasteiger partial charge in [0.15, 0.2) is 0 Å². The van der Waals surface area contributed by atoms with E-state index in [9.17, 15) is 4.79 Å². The van der Waals surface area contributed by atoms with Gasteiger partial charge in [-0.3, -0.25) is 9.69 Å². The molecule has 92 valence electrons. The minimum Gasteiger partial charge on any atom is -0.395 e. The smallest absolute Gasteiger partial charge is 0.275 e. The van der Waals surface area contributed by atoms with Crippen LogP contribution < -0.4 is 5.56 Å². The molecule has 0 aliphatic rings. The topological polar surface area (TPSA) is 70.7 Å². The van der Waals surface area contributed by atoms with Crippen LogP contribution in [0.25, 0.3) is 4.96 Å². The summed E-state index contributed by atoms with van der Waals surface area (Å²) in [5.74, 6) is 0. The number of rotatable bonds is 4. The maximum Gasteiger partial charge on any atom is 0.275 e. The van der Waals surface area contributed by atoms with Crippen LogP contribution in [0.3, 0.4) is 0 Å². The van der Waals surface area contributed by atoms with Crippen LogP contribution in [0, 0.1) is 0 Å². The summed E-state index contributed by atoms with van der Waals surface area (Å²) in [6, 6.07) is 1.52. The van der Waals surface area contributed by atoms with Crippen molar-refractivity contribution in [1.29, 1.82) is 0 Å². The predicted octanol–water partition coefficient (Wildman–Crippen LogP) is -0.0364. The summed E-state index contributed by atoms with van der Waals surface area (Å²) in [5.41, 5.74) is 2.12. The van der Waals surface area contributed by atoms with Gasteiger partial charge >= 0.3 is 0 Å². The zero-order chi connectivity index (χ0) is 12.4. The molecule has 6 nitrogen and oxygen atoms in total. The Balaban J connectivity index is 2.27. The molecule has 0 fully saturated rings. The Morgan fingerprint density at radius 3 is 3.12 bits per heavy atom. The van der Waals surface area contributed by atoms with E-state index < -0.39 is 0 Å². The third-order valence-electron chi connectivity index (χ3n) is 2.67. The average Bonchev–Trinajstić information content (AvgIpc) is 2.76. The summed E-state index contributed by atoms with van der Waals surface area (Å²) in [6.45, 7) is 2.53. The first-order valence-corrected chi connectivity index (χ1v) is 6.13. The molecule has 0 radical (unpaired) electrons. The molecule has 0 bridgehead atoms. The zero-order valence-corrected chi connectivity index (χ0v) is 10.5. The molecule has 1 atom stereocenters. The number of aliphatic hydroxyl groups is 1. The van der Waals surface area contributed by atoms with E-state index in [0.717, 1.165) is 0 Å². The lowest BCUT2D eigenvalue weighted by Gasteiger charge is -2.21. The number of nitrogens with zero attached hydrogens (tertiary/aromatic N) is 4. The maximum absolute atomic E-state index is 11.7. The van der Waals surface area contributed by atoms with Crippen LogP contribution in [0.4, 0.5) is 0 Å². The van der Waals surface area contributed by atoms with Gasteiger partial charge in [0.1, 0.15) is 5.51 Å². The van der Waals surface area contributed by atoms with Crippen molar-refractivity contribution in [2.75, 3.05) is 13.7 Å². The van der Waals surface area contributed by atoms with Gasteiger partial charge in [-0.15, -0.1) is 0 Å². The first-order chi connectivity index (χ1) is 8.11. The highest BCUT2D eigenvalue weighted by Gasteiger charge is 2.11. The van der Waals surface area contributed by atoms with Gasteiger partial charge in [0.05, 0.1) is 12.3 Å². The Labute approximate surface area is 102 Å². The fourth-order valence-corrected chi connectivity index (χ4v) is 2.08. The Kier molecular flexibility index (Phi) is 3.51. The highest BCUT2D eigenvalue weighted by atomic mass is 32.1. The van der Waals surface area contributed by atoms with Gasteiger partial charge in [-0.25, -0.2) is 4.98 Å². The van der Waals surface area contributed by atoms with E-state index in [2.05, 4.69) is 10.1 Å². The Bertz CT molecular complexity index is 565. The minimum absolute atomic E-state index is 0.0386. The molecule has 0 aromatic carbocycles. The molecule has 0 spiro atoms. The molecule has 2 aromatic rings. The SMILES string of the molecule is CC(CO)N(C)Cc1cc(=O)n2ncsc2n1. The van der Waals surface area contributed by atoms with Crippen LogP contribution in [-0.2, 0) is 6.54 Å². The summed E-state index contributed by atoms with van der Waals surface area (Å²) in [4.78, 5) is 18.6. The zero-order valence-electron chi connectivity index (χ0n) is 9.70. The second-order valence-corrected chi connectivity index (χ2v) is 4.78. The number of hydrogen-bond donors (Lipinski definition) is 1. The van der Waals surface area contributed by atoms with E-state index >= 15 is 0 Å². The lowest BCUT2D eigenvalue weighted by Crippen LogP contribution is -2.32. The molecule has 0 aliphatic heterocycles. The van der Waals surface area contributed by atoms with Gasteiger partial charge in [0.2, 0.25) is 4.96 Å². The van der Waals surface area contributed by atoms with Crippen LogP contribution in [0.5, 0.6) is 0 Å². The molecule has 2 aromatic heterocycles. The third-order valence-corrected chi connectivity index (χ3v) is 3.34. The fraction of sp³-hybridized carbons (Fsp3) is 0.500. The van der Waals surface area contributed by atoms with Crippen LogP contribution in [0.15, 0.2) is 16.4 Å². The average molecular weight is 254 g/mol. The molecule has 7 heteroatoms. The van der Waals surface area contributed by atoms with Crippen molar-refractivity contribution < 1.29 is 5.11 Å². The predicted molar refractivity (Wildman–Crippen MR) is 65.1 cm³/mol. The summed E-state index contributed by atoms with van der Waals surface area (Å²) < 4.78 is 1.28. The fourth-order valence-electron chi connectivity index (χ4n) is 1.43. The normalized spacial score (nSPS) is 13.4. The first kappa shape index (κ1) is 12.2. The molecule has 0 saturated carbocycles. The van der Waals surface area contributed by atoms with Gasteiger partial charge in [-0.05, 0) is 14.0 Å². The Hall–Kier alpha value is -1.31. The second-order valence-electron chi connectivity index (χ2n) is 3.97. The summed E-state index contributed by atoms with van der Waals surface area (Å²) in [6.07, 6.45) is 0. The van der Waals surface area contributed by atoms with Gasteiger partial charge < -0.3 is 5.11 Å². The van der Waals surface area contributed by atoms with E-state index in [1.54, 1.807) is 5.51 Å². The van der Waals surface area contributed by atoms with Gasteiger partial charge in [0, 0.05) is 18.7 Å². The number of fused-ring (bicyclic) bond motifs is 1. The molecule has 0 aliphatic carbocycles. The molecule has 2 heterocycles. The third kappa shape index (κ3) is 2.51. The highest BCUT2D eigenvalue weighted by molar-refractivity contribution is 7.14. The largest absolute Gasteiger partial charge is 0.395 e. The summed E-state index contributed by atoms with van der Waals surface area (Å²) in [7, 11) is 1.89. The monoisotopic (exact) mass is 254 g/mol. The molecule has 0 amide bonds. The minimum atomic E-state index is -0.170. The first-order valence-electron chi connectivity index (χ1n) is 5.25. The summed E-state index contributed by atoms with van der Waals surface area (Å²) in [5, 5.41) is 12.9. The van der Waals surface area contributed by atoms with Crippen LogP contribution >= 0.6 is 11.3 Å². The van der Waals surface area contributed by atoms with Gasteiger partial charge in [0.25, 0.3) is 5.56 Å².